The Morgan fingerprint density at radius 1 is 1.00 bits per heavy atom. The fourth-order valence-corrected chi connectivity index (χ4v) is 3.42. The van der Waals surface area contributed by atoms with E-state index in [4.69, 9.17) is 25.7 Å². The van der Waals surface area contributed by atoms with E-state index >= 15 is 0 Å². The SMILES string of the molecule is NC(CCCS)=N[C@H]1[C@@H](O[C@H]2[C@H](O)[C@@H](N)[C@H](O)O[C@@H]2CO)O[C@H](CO)[C@@H](O)[C@@H]1O. The zero-order valence-corrected chi connectivity index (χ0v) is 16.7. The molecule has 170 valence electrons. The topological polar surface area (TPSA) is 213 Å². The van der Waals surface area contributed by atoms with Crippen molar-refractivity contribution in [2.75, 3.05) is 19.0 Å². The summed E-state index contributed by atoms with van der Waals surface area (Å²) in [6.45, 7) is -1.22. The van der Waals surface area contributed by atoms with E-state index in [1.54, 1.807) is 0 Å². The van der Waals surface area contributed by atoms with Gasteiger partial charge < -0.3 is 56.3 Å². The first-order chi connectivity index (χ1) is 13.7. The average Bonchev–Trinajstić information content (AvgIpc) is 2.71. The fourth-order valence-electron chi connectivity index (χ4n) is 3.26. The molecule has 13 heteroatoms. The standard InChI is InChI=1S/C16H31N3O9S/c17-8(2-1-3-29)19-10-13(24)11(22)6(4-20)27-16(10)28-14-7(5-21)26-15(25)9(18)12(14)23/h6-7,9-16,20-25,29H,1-5,18H2,(H2,17,19)/t6-,7-,9-,10-,11-,12-,13-,14-,15-,16-/m1/s1. The van der Waals surface area contributed by atoms with Crippen LogP contribution in [-0.2, 0) is 14.2 Å². The summed E-state index contributed by atoms with van der Waals surface area (Å²) in [5.41, 5.74) is 11.6. The number of aliphatic hydroxyl groups is 6. The number of hydrogen-bond donors (Lipinski definition) is 9. The summed E-state index contributed by atoms with van der Waals surface area (Å²) in [6, 6.07) is -2.42. The van der Waals surface area contributed by atoms with Crippen LogP contribution in [0.4, 0.5) is 0 Å². The van der Waals surface area contributed by atoms with E-state index in [9.17, 15) is 30.6 Å². The number of aliphatic imine (C=N–C) groups is 1. The molecule has 2 fully saturated rings. The first-order valence-electron chi connectivity index (χ1n) is 9.34. The maximum Gasteiger partial charge on any atom is 0.183 e. The largest absolute Gasteiger partial charge is 0.394 e. The number of ether oxygens (including phenoxy) is 3. The lowest BCUT2D eigenvalue weighted by molar-refractivity contribution is -0.323. The minimum atomic E-state index is -1.52. The fraction of sp³-hybridized carbons (Fsp3) is 0.938. The van der Waals surface area contributed by atoms with Crippen molar-refractivity contribution >= 4 is 18.5 Å². The van der Waals surface area contributed by atoms with Crippen LogP contribution in [0.1, 0.15) is 12.8 Å². The van der Waals surface area contributed by atoms with Crippen LogP contribution in [0.25, 0.3) is 0 Å². The van der Waals surface area contributed by atoms with Gasteiger partial charge in [0.2, 0.25) is 0 Å². The molecule has 0 aliphatic carbocycles. The second-order valence-corrected chi connectivity index (χ2v) is 7.51. The van der Waals surface area contributed by atoms with Crippen LogP contribution in [0, 0.1) is 0 Å². The van der Waals surface area contributed by atoms with Crippen molar-refractivity contribution in [3.8, 4) is 0 Å². The summed E-state index contributed by atoms with van der Waals surface area (Å²) in [4.78, 5) is 4.18. The number of hydrogen-bond acceptors (Lipinski definition) is 12. The average molecular weight is 442 g/mol. The van der Waals surface area contributed by atoms with E-state index in [0.29, 0.717) is 18.6 Å². The van der Waals surface area contributed by atoms with E-state index in [1.165, 1.54) is 0 Å². The summed E-state index contributed by atoms with van der Waals surface area (Å²) in [5, 5.41) is 59.7. The highest BCUT2D eigenvalue weighted by Gasteiger charge is 2.50. The minimum absolute atomic E-state index is 0.168. The molecule has 0 aromatic heterocycles. The zero-order valence-electron chi connectivity index (χ0n) is 15.8. The maximum atomic E-state index is 10.5. The van der Waals surface area contributed by atoms with Crippen molar-refractivity contribution < 1.29 is 44.8 Å². The number of thiol groups is 1. The molecule has 10 N–H and O–H groups in total. The zero-order chi connectivity index (χ0) is 21.7. The molecule has 2 heterocycles. The molecule has 0 bridgehead atoms. The van der Waals surface area contributed by atoms with Gasteiger partial charge in [-0.2, -0.15) is 12.6 Å². The summed E-state index contributed by atoms with van der Waals surface area (Å²) in [6.07, 6.45) is -9.85. The Labute approximate surface area is 173 Å². The van der Waals surface area contributed by atoms with E-state index in [-0.39, 0.29) is 5.84 Å². The van der Waals surface area contributed by atoms with E-state index in [0.717, 1.165) is 0 Å². The van der Waals surface area contributed by atoms with E-state index < -0.39 is 74.5 Å². The minimum Gasteiger partial charge on any atom is -0.394 e. The molecule has 2 saturated heterocycles. The Balaban J connectivity index is 2.26. The van der Waals surface area contributed by atoms with Gasteiger partial charge in [-0.1, -0.05) is 0 Å². The Bertz CT molecular complexity index is 544. The van der Waals surface area contributed by atoms with Crippen molar-refractivity contribution in [3.63, 3.8) is 0 Å². The number of amidine groups is 1. The highest BCUT2D eigenvalue weighted by atomic mass is 32.1. The van der Waals surface area contributed by atoms with Gasteiger partial charge in [-0.25, -0.2) is 0 Å². The van der Waals surface area contributed by atoms with Crippen LogP contribution in [-0.4, -0.2) is 117 Å². The molecule has 0 aromatic carbocycles. The number of nitrogens with zero attached hydrogens (tertiary/aromatic N) is 1. The quantitative estimate of drug-likeness (QED) is 0.0996. The molecule has 0 aromatic rings. The monoisotopic (exact) mass is 441 g/mol. The summed E-state index contributed by atoms with van der Waals surface area (Å²) >= 11 is 4.09. The third-order valence-corrected chi connectivity index (χ3v) is 5.28. The van der Waals surface area contributed by atoms with E-state index in [1.807, 2.05) is 0 Å². The van der Waals surface area contributed by atoms with Crippen LogP contribution in [0.2, 0.25) is 0 Å². The molecule has 2 aliphatic rings. The maximum absolute atomic E-state index is 10.5. The van der Waals surface area contributed by atoms with Gasteiger partial charge in [0.15, 0.2) is 12.6 Å². The smallest absolute Gasteiger partial charge is 0.183 e. The Morgan fingerprint density at radius 3 is 2.24 bits per heavy atom. The van der Waals surface area contributed by atoms with Crippen LogP contribution < -0.4 is 11.5 Å². The Kier molecular flexibility index (Phi) is 9.50. The first kappa shape index (κ1) is 24.7. The van der Waals surface area contributed by atoms with Gasteiger partial charge in [-0.3, -0.25) is 4.99 Å². The molecular weight excluding hydrogens is 410 g/mol. The molecule has 12 nitrogen and oxygen atoms in total. The predicted molar refractivity (Wildman–Crippen MR) is 103 cm³/mol. The van der Waals surface area contributed by atoms with Crippen LogP contribution in [0.15, 0.2) is 4.99 Å². The van der Waals surface area contributed by atoms with Gasteiger partial charge in [0.05, 0.1) is 25.1 Å². The summed E-state index contributed by atoms with van der Waals surface area (Å²) < 4.78 is 16.4. The van der Waals surface area contributed by atoms with Crippen LogP contribution >= 0.6 is 12.6 Å². The molecule has 0 saturated carbocycles. The van der Waals surface area contributed by atoms with Crippen LogP contribution in [0.5, 0.6) is 0 Å². The third-order valence-electron chi connectivity index (χ3n) is 4.97. The molecule has 10 atom stereocenters. The van der Waals surface area contributed by atoms with Gasteiger partial charge in [-0.15, -0.1) is 0 Å². The van der Waals surface area contributed by atoms with Gasteiger partial charge in [0.1, 0.15) is 42.7 Å². The molecule has 2 aliphatic heterocycles. The highest BCUT2D eigenvalue weighted by molar-refractivity contribution is 7.80. The number of nitrogens with two attached hydrogens (primary N) is 2. The molecular formula is C16H31N3O9S. The molecule has 0 amide bonds. The highest BCUT2D eigenvalue weighted by Crippen LogP contribution is 2.29. The van der Waals surface area contributed by atoms with Crippen LogP contribution in [0.3, 0.4) is 0 Å². The van der Waals surface area contributed by atoms with E-state index in [2.05, 4.69) is 17.6 Å². The van der Waals surface area contributed by atoms with Gasteiger partial charge in [-0.05, 0) is 12.2 Å². The van der Waals surface area contributed by atoms with Gasteiger partial charge >= 0.3 is 0 Å². The second kappa shape index (κ2) is 11.2. The Hall–Kier alpha value is -0.580. The number of rotatable bonds is 8. The lowest BCUT2D eigenvalue weighted by Crippen LogP contribution is -2.65. The number of aliphatic hydroxyl groups excluding tert-OH is 6. The van der Waals surface area contributed by atoms with Crippen molar-refractivity contribution in [2.24, 2.45) is 16.5 Å². The predicted octanol–water partition coefficient (Wildman–Crippen LogP) is -4.36. The third kappa shape index (κ3) is 5.77. The van der Waals surface area contributed by atoms with Gasteiger partial charge in [0, 0.05) is 6.42 Å². The van der Waals surface area contributed by atoms with Gasteiger partial charge in [0.25, 0.3) is 0 Å². The molecule has 2 rings (SSSR count). The molecule has 0 unspecified atom stereocenters. The lowest BCUT2D eigenvalue weighted by Gasteiger charge is -2.45. The van der Waals surface area contributed by atoms with Crippen molar-refractivity contribution in [1.82, 2.24) is 0 Å². The first-order valence-corrected chi connectivity index (χ1v) is 9.97. The molecule has 0 spiro atoms. The van der Waals surface area contributed by atoms with Crippen molar-refractivity contribution in [1.29, 1.82) is 0 Å². The lowest BCUT2D eigenvalue weighted by atomic mass is 9.95. The summed E-state index contributed by atoms with van der Waals surface area (Å²) in [7, 11) is 0. The Morgan fingerprint density at radius 2 is 1.66 bits per heavy atom. The molecule has 29 heavy (non-hydrogen) atoms. The normalized spacial score (nSPS) is 44.1. The molecule has 0 radical (unpaired) electrons. The van der Waals surface area contributed by atoms with Crippen molar-refractivity contribution in [3.05, 3.63) is 0 Å². The summed E-state index contributed by atoms with van der Waals surface area (Å²) in [5.74, 6) is 0.736. The second-order valence-electron chi connectivity index (χ2n) is 7.06. The van der Waals surface area contributed by atoms with Crippen molar-refractivity contribution in [2.45, 2.75) is 74.1 Å².